The Bertz CT molecular complexity index is 139. The first-order valence-corrected chi connectivity index (χ1v) is 5.62. The van der Waals surface area contributed by atoms with E-state index in [0.717, 1.165) is 13.0 Å². The molecule has 1 aliphatic heterocycles. The van der Waals surface area contributed by atoms with Crippen molar-refractivity contribution in [1.29, 1.82) is 0 Å². The summed E-state index contributed by atoms with van der Waals surface area (Å²) in [5.41, 5.74) is 0. The van der Waals surface area contributed by atoms with Crippen molar-refractivity contribution in [2.45, 2.75) is 37.4 Å². The van der Waals surface area contributed by atoms with E-state index in [9.17, 15) is 0 Å². The third kappa shape index (κ3) is 3.10. The Hall–Kier alpha value is -0.110. The maximum atomic E-state index is 5.15. The highest BCUT2D eigenvalue weighted by molar-refractivity contribution is 8.00. The molecule has 2 heteroatoms. The highest BCUT2D eigenvalue weighted by Crippen LogP contribution is 2.38. The normalized spacial score (nSPS) is 29.8. The van der Waals surface area contributed by atoms with Crippen molar-refractivity contribution in [2.75, 3.05) is 12.4 Å². The Balaban J connectivity index is 2.21. The van der Waals surface area contributed by atoms with Gasteiger partial charge in [0.1, 0.15) is 0 Å². The van der Waals surface area contributed by atoms with Crippen LogP contribution < -0.4 is 0 Å². The van der Waals surface area contributed by atoms with Crippen LogP contribution >= 0.6 is 11.8 Å². The molecule has 0 bridgehead atoms. The van der Waals surface area contributed by atoms with Gasteiger partial charge in [0.25, 0.3) is 0 Å². The topological polar surface area (TPSA) is 9.23 Å². The molecule has 1 aliphatic rings. The minimum Gasteiger partial charge on any atom is -0.502 e. The molecule has 1 heterocycles. The SMILES string of the molecule is C=COCCC1(C)CCCCS1. The van der Waals surface area contributed by atoms with Crippen molar-refractivity contribution in [3.05, 3.63) is 12.8 Å². The second-order valence-corrected chi connectivity index (χ2v) is 5.23. The molecule has 0 spiro atoms. The largest absolute Gasteiger partial charge is 0.502 e. The highest BCUT2D eigenvalue weighted by atomic mass is 32.2. The third-order valence-corrected chi connectivity index (χ3v) is 4.02. The lowest BCUT2D eigenvalue weighted by Gasteiger charge is -2.32. The van der Waals surface area contributed by atoms with Gasteiger partial charge in [0.05, 0.1) is 12.9 Å². The van der Waals surface area contributed by atoms with Crippen molar-refractivity contribution in [3.63, 3.8) is 0 Å². The predicted octanol–water partition coefficient (Wildman–Crippen LogP) is 3.21. The molecular formula is C10H18OS. The molecule has 1 saturated heterocycles. The quantitative estimate of drug-likeness (QED) is 0.492. The first-order valence-electron chi connectivity index (χ1n) is 4.63. The summed E-state index contributed by atoms with van der Waals surface area (Å²) in [5, 5.41) is 0. The van der Waals surface area contributed by atoms with Gasteiger partial charge in [0.2, 0.25) is 0 Å². The molecule has 12 heavy (non-hydrogen) atoms. The number of hydrogen-bond acceptors (Lipinski definition) is 2. The van der Waals surface area contributed by atoms with Crippen molar-refractivity contribution in [2.24, 2.45) is 0 Å². The fourth-order valence-corrected chi connectivity index (χ4v) is 2.90. The summed E-state index contributed by atoms with van der Waals surface area (Å²) in [6.45, 7) is 6.71. The molecule has 0 saturated carbocycles. The van der Waals surface area contributed by atoms with E-state index in [4.69, 9.17) is 4.74 Å². The van der Waals surface area contributed by atoms with Gasteiger partial charge < -0.3 is 4.74 Å². The van der Waals surface area contributed by atoms with Crippen molar-refractivity contribution in [1.82, 2.24) is 0 Å². The van der Waals surface area contributed by atoms with Crippen molar-refractivity contribution < 1.29 is 4.74 Å². The maximum Gasteiger partial charge on any atom is 0.0886 e. The Morgan fingerprint density at radius 3 is 3.00 bits per heavy atom. The lowest BCUT2D eigenvalue weighted by molar-refractivity contribution is 0.229. The Morgan fingerprint density at radius 1 is 1.58 bits per heavy atom. The van der Waals surface area contributed by atoms with Crippen LogP contribution in [0.5, 0.6) is 0 Å². The average Bonchev–Trinajstić information content (AvgIpc) is 2.06. The van der Waals surface area contributed by atoms with Crippen LogP contribution in [0.15, 0.2) is 12.8 Å². The lowest BCUT2D eigenvalue weighted by atomic mass is 9.99. The molecule has 0 radical (unpaired) electrons. The highest BCUT2D eigenvalue weighted by Gasteiger charge is 2.26. The van der Waals surface area contributed by atoms with Crippen LogP contribution in [0.25, 0.3) is 0 Å². The standard InChI is InChI=1S/C10H18OS/c1-3-11-8-7-10(2)6-4-5-9-12-10/h3H,1,4-9H2,2H3. The summed E-state index contributed by atoms with van der Waals surface area (Å²) in [7, 11) is 0. The molecule has 0 amide bonds. The summed E-state index contributed by atoms with van der Waals surface area (Å²) in [6, 6.07) is 0. The van der Waals surface area contributed by atoms with E-state index in [1.807, 2.05) is 0 Å². The molecule has 70 valence electrons. The summed E-state index contributed by atoms with van der Waals surface area (Å²) in [4.78, 5) is 0. The van der Waals surface area contributed by atoms with E-state index in [0.29, 0.717) is 4.75 Å². The van der Waals surface area contributed by atoms with Crippen LogP contribution in [0.3, 0.4) is 0 Å². The molecule has 0 aromatic rings. The average molecular weight is 186 g/mol. The summed E-state index contributed by atoms with van der Waals surface area (Å²) < 4.78 is 5.63. The molecule has 1 atom stereocenters. The monoisotopic (exact) mass is 186 g/mol. The first-order chi connectivity index (χ1) is 5.77. The van der Waals surface area contributed by atoms with Crippen LogP contribution in [-0.2, 0) is 4.74 Å². The molecule has 1 rings (SSSR count). The number of ether oxygens (including phenoxy) is 1. The van der Waals surface area contributed by atoms with Gasteiger partial charge in [-0.2, -0.15) is 11.8 Å². The zero-order chi connectivity index (χ0) is 8.86. The molecule has 0 aromatic carbocycles. The number of rotatable bonds is 4. The Labute approximate surface area is 79.6 Å². The van der Waals surface area contributed by atoms with Gasteiger partial charge in [-0.3, -0.25) is 0 Å². The predicted molar refractivity (Wildman–Crippen MR) is 55.5 cm³/mol. The van der Waals surface area contributed by atoms with Crippen LogP contribution in [0.1, 0.15) is 32.6 Å². The molecular weight excluding hydrogens is 168 g/mol. The summed E-state index contributed by atoms with van der Waals surface area (Å²) in [5.74, 6) is 1.32. The maximum absolute atomic E-state index is 5.15. The van der Waals surface area contributed by atoms with Crippen LogP contribution in [0, 0.1) is 0 Å². The van der Waals surface area contributed by atoms with Gasteiger partial charge in [-0.25, -0.2) is 0 Å². The second kappa shape index (κ2) is 4.80. The zero-order valence-corrected chi connectivity index (χ0v) is 8.66. The fraction of sp³-hybridized carbons (Fsp3) is 0.800. The first kappa shape index (κ1) is 9.97. The summed E-state index contributed by atoms with van der Waals surface area (Å²) >= 11 is 2.10. The van der Waals surface area contributed by atoms with Crippen molar-refractivity contribution in [3.8, 4) is 0 Å². The van der Waals surface area contributed by atoms with E-state index >= 15 is 0 Å². The smallest absolute Gasteiger partial charge is 0.0886 e. The zero-order valence-electron chi connectivity index (χ0n) is 7.84. The third-order valence-electron chi connectivity index (χ3n) is 2.42. The Morgan fingerprint density at radius 2 is 2.42 bits per heavy atom. The van der Waals surface area contributed by atoms with Gasteiger partial charge in [0.15, 0.2) is 0 Å². The minimum atomic E-state index is 0.473. The van der Waals surface area contributed by atoms with Crippen LogP contribution in [-0.4, -0.2) is 17.1 Å². The number of hydrogen-bond donors (Lipinski definition) is 0. The molecule has 1 nitrogen and oxygen atoms in total. The van der Waals surface area contributed by atoms with Crippen molar-refractivity contribution >= 4 is 11.8 Å². The van der Waals surface area contributed by atoms with E-state index < -0.39 is 0 Å². The van der Waals surface area contributed by atoms with Crippen LogP contribution in [0.2, 0.25) is 0 Å². The van der Waals surface area contributed by atoms with Crippen LogP contribution in [0.4, 0.5) is 0 Å². The molecule has 1 unspecified atom stereocenters. The molecule has 0 N–H and O–H groups in total. The molecule has 0 aromatic heterocycles. The van der Waals surface area contributed by atoms with E-state index in [-0.39, 0.29) is 0 Å². The van der Waals surface area contributed by atoms with Gasteiger partial charge >= 0.3 is 0 Å². The lowest BCUT2D eigenvalue weighted by Crippen LogP contribution is -2.25. The number of thioether (sulfide) groups is 1. The van der Waals surface area contributed by atoms with E-state index in [1.165, 1.54) is 31.3 Å². The Kier molecular flexibility index (Phi) is 3.99. The van der Waals surface area contributed by atoms with Gasteiger partial charge in [-0.15, -0.1) is 0 Å². The summed E-state index contributed by atoms with van der Waals surface area (Å²) in [6.07, 6.45) is 6.82. The van der Waals surface area contributed by atoms with Gasteiger partial charge in [0, 0.05) is 4.75 Å². The second-order valence-electron chi connectivity index (χ2n) is 3.54. The van der Waals surface area contributed by atoms with E-state index in [2.05, 4.69) is 25.3 Å². The van der Waals surface area contributed by atoms with Gasteiger partial charge in [-0.05, 0) is 25.0 Å². The fourth-order valence-electron chi connectivity index (χ4n) is 1.55. The van der Waals surface area contributed by atoms with Gasteiger partial charge in [-0.1, -0.05) is 19.9 Å². The molecule has 0 aliphatic carbocycles. The van der Waals surface area contributed by atoms with E-state index in [1.54, 1.807) is 0 Å². The molecule has 1 fully saturated rings. The minimum absolute atomic E-state index is 0.473.